The van der Waals surface area contributed by atoms with E-state index in [1.54, 1.807) is 6.07 Å². The first-order chi connectivity index (χ1) is 11.6. The fraction of sp³-hybridized carbons (Fsp3) is 0.421. The number of halogens is 2. The fourth-order valence-electron chi connectivity index (χ4n) is 3.34. The molecule has 1 atom stereocenters. The van der Waals surface area contributed by atoms with Gasteiger partial charge in [0.15, 0.2) is 0 Å². The van der Waals surface area contributed by atoms with Crippen LogP contribution in [0.5, 0.6) is 0 Å². The molecule has 0 radical (unpaired) electrons. The Labute approximate surface area is 154 Å². The molecular formula is C19H25ClFN3O. The molecule has 1 aromatic heterocycles. The van der Waals surface area contributed by atoms with Crippen LogP contribution in [0.25, 0.3) is 0 Å². The highest BCUT2D eigenvalue weighted by molar-refractivity contribution is 6.04. The molecule has 1 aliphatic rings. The maximum Gasteiger partial charge on any atom is 0.234 e. The number of carbonyl (C=O) groups excluding carboxylic acids is 1. The molecule has 6 heteroatoms. The van der Waals surface area contributed by atoms with E-state index in [0.717, 1.165) is 30.8 Å². The van der Waals surface area contributed by atoms with Gasteiger partial charge in [0.25, 0.3) is 0 Å². The zero-order valence-corrected chi connectivity index (χ0v) is 15.5. The Hall–Kier alpha value is -1.85. The van der Waals surface area contributed by atoms with Gasteiger partial charge in [0, 0.05) is 31.2 Å². The molecule has 0 aliphatic carbocycles. The summed E-state index contributed by atoms with van der Waals surface area (Å²) in [5.74, 6) is -0.429. The summed E-state index contributed by atoms with van der Waals surface area (Å²) in [6.45, 7) is 2.36. The Bertz CT molecular complexity index is 703. The van der Waals surface area contributed by atoms with E-state index in [0.29, 0.717) is 13.0 Å². The Morgan fingerprint density at radius 2 is 1.88 bits per heavy atom. The first kappa shape index (κ1) is 19.5. The van der Waals surface area contributed by atoms with Crippen molar-refractivity contribution in [3.05, 3.63) is 54.1 Å². The molecule has 4 nitrogen and oxygen atoms in total. The molecule has 1 amide bonds. The molecule has 0 saturated carbocycles. The lowest BCUT2D eigenvalue weighted by Crippen LogP contribution is -2.31. The minimum Gasteiger partial charge on any atom is -0.354 e. The molecule has 0 saturated heterocycles. The smallest absolute Gasteiger partial charge is 0.234 e. The summed E-state index contributed by atoms with van der Waals surface area (Å²) in [7, 11) is 4.05. The summed E-state index contributed by atoms with van der Waals surface area (Å²) in [6.07, 6.45) is 5.57. The topological polar surface area (TPSA) is 28.5 Å². The zero-order valence-electron chi connectivity index (χ0n) is 14.7. The summed E-state index contributed by atoms with van der Waals surface area (Å²) in [5.41, 5.74) is 1.70. The lowest BCUT2D eigenvalue weighted by atomic mass is 9.97. The van der Waals surface area contributed by atoms with Gasteiger partial charge in [-0.15, -0.1) is 12.4 Å². The van der Waals surface area contributed by atoms with Gasteiger partial charge in [-0.3, -0.25) is 4.79 Å². The number of nitrogens with zero attached hydrogens (tertiary/aromatic N) is 3. The average molecular weight is 366 g/mol. The van der Waals surface area contributed by atoms with Gasteiger partial charge in [-0.05, 0) is 69.4 Å². The standard InChI is InChI=1S/C19H24FN3O.ClH/c1-21(2)9-5-12-23-18-7-6-15(20)14-17(18)16(19(23)24)8-13-22-10-3-4-11-22;/h3-4,6-7,10-11,14,16H,5,8-9,12-13H2,1-2H3;1H. The van der Waals surface area contributed by atoms with Crippen molar-refractivity contribution in [2.24, 2.45) is 0 Å². The van der Waals surface area contributed by atoms with Crippen molar-refractivity contribution < 1.29 is 9.18 Å². The molecule has 25 heavy (non-hydrogen) atoms. The first-order valence-corrected chi connectivity index (χ1v) is 8.42. The first-order valence-electron chi connectivity index (χ1n) is 8.42. The number of benzene rings is 1. The van der Waals surface area contributed by atoms with Gasteiger partial charge >= 0.3 is 0 Å². The maximum absolute atomic E-state index is 13.7. The third-order valence-electron chi connectivity index (χ3n) is 4.55. The number of hydrogen-bond donors (Lipinski definition) is 0. The molecule has 2 heterocycles. The highest BCUT2D eigenvalue weighted by atomic mass is 35.5. The largest absolute Gasteiger partial charge is 0.354 e. The third-order valence-corrected chi connectivity index (χ3v) is 4.55. The predicted octanol–water partition coefficient (Wildman–Crippen LogP) is 3.52. The zero-order chi connectivity index (χ0) is 17.1. The van der Waals surface area contributed by atoms with Crippen LogP contribution < -0.4 is 4.90 Å². The van der Waals surface area contributed by atoms with Crippen LogP contribution in [0, 0.1) is 5.82 Å². The molecule has 1 aliphatic heterocycles. The molecule has 3 rings (SSSR count). The number of aromatic nitrogens is 1. The molecule has 0 spiro atoms. The van der Waals surface area contributed by atoms with Crippen molar-refractivity contribution in [1.82, 2.24) is 9.47 Å². The van der Waals surface area contributed by atoms with Gasteiger partial charge in [0.05, 0.1) is 5.92 Å². The van der Waals surface area contributed by atoms with Crippen LogP contribution >= 0.6 is 12.4 Å². The van der Waals surface area contributed by atoms with Crippen LogP contribution in [0.15, 0.2) is 42.7 Å². The number of hydrogen-bond acceptors (Lipinski definition) is 2. The van der Waals surface area contributed by atoms with Crippen molar-refractivity contribution in [3.63, 3.8) is 0 Å². The Morgan fingerprint density at radius 3 is 2.56 bits per heavy atom. The van der Waals surface area contributed by atoms with Crippen molar-refractivity contribution >= 4 is 24.0 Å². The number of rotatable bonds is 7. The Morgan fingerprint density at radius 1 is 1.16 bits per heavy atom. The van der Waals surface area contributed by atoms with Crippen LogP contribution in [-0.2, 0) is 11.3 Å². The van der Waals surface area contributed by atoms with Gasteiger partial charge in [-0.2, -0.15) is 0 Å². The molecule has 0 fully saturated rings. The molecular weight excluding hydrogens is 341 g/mol. The van der Waals surface area contributed by atoms with E-state index in [2.05, 4.69) is 9.47 Å². The normalized spacial score (nSPS) is 16.2. The van der Waals surface area contributed by atoms with E-state index < -0.39 is 0 Å². The molecule has 136 valence electrons. The number of amides is 1. The maximum atomic E-state index is 13.7. The van der Waals surface area contributed by atoms with Crippen molar-refractivity contribution in [2.75, 3.05) is 32.1 Å². The summed E-state index contributed by atoms with van der Waals surface area (Å²) in [5, 5.41) is 0. The van der Waals surface area contributed by atoms with Gasteiger partial charge in [0.1, 0.15) is 5.82 Å². The van der Waals surface area contributed by atoms with Crippen LogP contribution in [0.4, 0.5) is 10.1 Å². The van der Waals surface area contributed by atoms with E-state index in [-0.39, 0.29) is 30.0 Å². The Kier molecular flexibility index (Phi) is 6.62. The summed E-state index contributed by atoms with van der Waals surface area (Å²) >= 11 is 0. The third kappa shape index (κ3) is 4.41. The highest BCUT2D eigenvalue weighted by Gasteiger charge is 2.36. The monoisotopic (exact) mass is 365 g/mol. The summed E-state index contributed by atoms with van der Waals surface area (Å²) in [6, 6.07) is 8.65. The van der Waals surface area contributed by atoms with Gasteiger partial charge in [-0.1, -0.05) is 0 Å². The van der Waals surface area contributed by atoms with Crippen LogP contribution in [0.1, 0.15) is 24.3 Å². The van der Waals surface area contributed by atoms with E-state index in [1.165, 1.54) is 12.1 Å². The number of aryl methyl sites for hydroxylation is 1. The van der Waals surface area contributed by atoms with Crippen LogP contribution in [-0.4, -0.2) is 42.6 Å². The fourth-order valence-corrected chi connectivity index (χ4v) is 3.34. The molecule has 1 aromatic carbocycles. The molecule has 0 N–H and O–H groups in total. The number of anilines is 1. The van der Waals surface area contributed by atoms with Gasteiger partial charge in [-0.25, -0.2) is 4.39 Å². The lowest BCUT2D eigenvalue weighted by Gasteiger charge is -2.19. The minimum atomic E-state index is -0.275. The quantitative estimate of drug-likeness (QED) is 0.751. The van der Waals surface area contributed by atoms with Gasteiger partial charge < -0.3 is 14.4 Å². The number of fused-ring (bicyclic) bond motifs is 1. The van der Waals surface area contributed by atoms with E-state index in [1.807, 2.05) is 43.5 Å². The second-order valence-corrected chi connectivity index (χ2v) is 6.61. The second kappa shape index (κ2) is 8.50. The second-order valence-electron chi connectivity index (χ2n) is 6.61. The molecule has 2 aromatic rings. The highest BCUT2D eigenvalue weighted by Crippen LogP contribution is 2.39. The molecule has 0 bridgehead atoms. The van der Waals surface area contributed by atoms with E-state index in [9.17, 15) is 9.18 Å². The van der Waals surface area contributed by atoms with Crippen molar-refractivity contribution in [1.29, 1.82) is 0 Å². The average Bonchev–Trinajstić information content (AvgIpc) is 3.13. The summed E-state index contributed by atoms with van der Waals surface area (Å²) < 4.78 is 15.8. The van der Waals surface area contributed by atoms with Crippen LogP contribution in [0.3, 0.4) is 0 Å². The van der Waals surface area contributed by atoms with E-state index >= 15 is 0 Å². The SMILES string of the molecule is CN(C)CCCN1C(=O)C(CCn2cccc2)c2cc(F)ccc21.Cl. The lowest BCUT2D eigenvalue weighted by molar-refractivity contribution is -0.119. The minimum absolute atomic E-state index is 0. The van der Waals surface area contributed by atoms with Crippen molar-refractivity contribution in [3.8, 4) is 0 Å². The summed E-state index contributed by atoms with van der Waals surface area (Å²) in [4.78, 5) is 16.8. The number of carbonyl (C=O) groups is 1. The van der Waals surface area contributed by atoms with Crippen LogP contribution in [0.2, 0.25) is 0 Å². The molecule has 1 unspecified atom stereocenters. The van der Waals surface area contributed by atoms with Crippen molar-refractivity contribution in [2.45, 2.75) is 25.3 Å². The predicted molar refractivity (Wildman–Crippen MR) is 101 cm³/mol. The van der Waals surface area contributed by atoms with Gasteiger partial charge in [0.2, 0.25) is 5.91 Å². The Balaban J connectivity index is 0.00000225. The van der Waals surface area contributed by atoms with E-state index in [4.69, 9.17) is 0 Å².